The molecule has 30 heavy (non-hydrogen) atoms. The maximum Gasteiger partial charge on any atom is 0.242 e. The number of nitrogens with zero attached hydrogens (tertiary/aromatic N) is 1. The van der Waals surface area contributed by atoms with Crippen LogP contribution in [0.5, 0.6) is 0 Å². The number of carbonyl (C=O) groups excluding carboxylic acids is 2. The predicted molar refractivity (Wildman–Crippen MR) is 118 cm³/mol. The first-order valence-electron chi connectivity index (χ1n) is 10.8. The van der Waals surface area contributed by atoms with Crippen LogP contribution in [-0.4, -0.2) is 29.3 Å². The van der Waals surface area contributed by atoms with Crippen LogP contribution in [0.25, 0.3) is 0 Å². The van der Waals surface area contributed by atoms with Gasteiger partial charge >= 0.3 is 0 Å². The van der Waals surface area contributed by atoms with E-state index in [4.69, 9.17) is 0 Å². The van der Waals surface area contributed by atoms with Crippen LogP contribution in [-0.2, 0) is 29.0 Å². The van der Waals surface area contributed by atoms with Crippen molar-refractivity contribution < 1.29 is 14.0 Å². The highest BCUT2D eigenvalue weighted by atomic mass is 19.1. The van der Waals surface area contributed by atoms with Crippen LogP contribution >= 0.6 is 0 Å². The number of amides is 2. The van der Waals surface area contributed by atoms with E-state index >= 15 is 0 Å². The summed E-state index contributed by atoms with van der Waals surface area (Å²) in [5, 5.41) is 2.88. The summed E-state index contributed by atoms with van der Waals surface area (Å²) in [7, 11) is 0. The number of nitrogens with one attached hydrogen (secondary N) is 1. The zero-order valence-corrected chi connectivity index (χ0v) is 18.3. The Morgan fingerprint density at radius 3 is 2.33 bits per heavy atom. The third-order valence-corrected chi connectivity index (χ3v) is 5.35. The van der Waals surface area contributed by atoms with E-state index in [2.05, 4.69) is 31.3 Å². The van der Waals surface area contributed by atoms with Gasteiger partial charge < -0.3 is 10.2 Å². The summed E-state index contributed by atoms with van der Waals surface area (Å²) in [6, 6.07) is 13.9. The first-order valence-corrected chi connectivity index (χ1v) is 10.8. The molecule has 0 radical (unpaired) electrons. The van der Waals surface area contributed by atoms with E-state index in [-0.39, 0.29) is 30.6 Å². The number of halogens is 1. The maximum absolute atomic E-state index is 14.2. The number of unbranched alkanes of at least 4 members (excludes halogenated alkanes) is 1. The van der Waals surface area contributed by atoms with Gasteiger partial charge in [-0.15, -0.1) is 0 Å². The van der Waals surface area contributed by atoms with E-state index in [1.165, 1.54) is 16.5 Å². The summed E-state index contributed by atoms with van der Waals surface area (Å²) in [4.78, 5) is 27.1. The Kier molecular flexibility index (Phi) is 9.52. The Bertz CT molecular complexity index is 820. The molecule has 2 aromatic carbocycles. The van der Waals surface area contributed by atoms with E-state index in [0.29, 0.717) is 18.5 Å². The molecule has 2 rings (SSSR count). The lowest BCUT2D eigenvalue weighted by Gasteiger charge is -2.29. The summed E-state index contributed by atoms with van der Waals surface area (Å²) in [6.45, 7) is 6.51. The monoisotopic (exact) mass is 412 g/mol. The Morgan fingerprint density at radius 2 is 1.70 bits per heavy atom. The molecule has 5 heteroatoms. The molecule has 0 aliphatic carbocycles. The van der Waals surface area contributed by atoms with Gasteiger partial charge in [-0.2, -0.15) is 0 Å². The van der Waals surface area contributed by atoms with E-state index in [1.54, 1.807) is 25.1 Å². The molecule has 1 atom stereocenters. The Labute approximate surface area is 179 Å². The van der Waals surface area contributed by atoms with Gasteiger partial charge in [0, 0.05) is 25.1 Å². The van der Waals surface area contributed by atoms with Crippen molar-refractivity contribution in [1.82, 2.24) is 10.2 Å². The molecule has 0 saturated heterocycles. The molecule has 0 aromatic heterocycles. The zero-order valence-electron chi connectivity index (χ0n) is 18.3. The second-order valence-electron chi connectivity index (χ2n) is 7.60. The maximum atomic E-state index is 14.2. The summed E-state index contributed by atoms with van der Waals surface area (Å²) < 4.78 is 14.2. The number of benzene rings is 2. The highest BCUT2D eigenvalue weighted by molar-refractivity contribution is 5.87. The van der Waals surface area contributed by atoms with Gasteiger partial charge in [0.1, 0.15) is 11.9 Å². The number of carbonyl (C=O) groups is 2. The number of aryl methyl sites for hydroxylation is 2. The van der Waals surface area contributed by atoms with Gasteiger partial charge in [0.05, 0.1) is 0 Å². The minimum Gasteiger partial charge on any atom is -0.354 e. The van der Waals surface area contributed by atoms with Crippen LogP contribution in [0.1, 0.15) is 56.7 Å². The fraction of sp³-hybridized carbons (Fsp3) is 0.440. The van der Waals surface area contributed by atoms with Gasteiger partial charge in [-0.3, -0.25) is 9.59 Å². The fourth-order valence-corrected chi connectivity index (χ4v) is 3.27. The molecule has 162 valence electrons. The third kappa shape index (κ3) is 6.97. The van der Waals surface area contributed by atoms with E-state index in [1.807, 2.05) is 12.1 Å². The molecule has 1 N–H and O–H groups in total. The molecule has 0 fully saturated rings. The SMILES string of the molecule is CCCCNC(=O)[C@H](C)N(Cc1ccccc1F)C(=O)CCc1ccc(CC)cc1. The molecule has 0 unspecified atom stereocenters. The first kappa shape index (κ1) is 23.6. The predicted octanol–water partition coefficient (Wildman–Crippen LogP) is 4.65. The van der Waals surface area contributed by atoms with Gasteiger partial charge in [-0.1, -0.05) is 62.7 Å². The van der Waals surface area contributed by atoms with Gasteiger partial charge in [0.25, 0.3) is 0 Å². The number of hydrogen-bond acceptors (Lipinski definition) is 2. The molecule has 2 aromatic rings. The summed E-state index contributed by atoms with van der Waals surface area (Å²) in [5.41, 5.74) is 2.74. The van der Waals surface area contributed by atoms with Crippen molar-refractivity contribution in [2.24, 2.45) is 0 Å². The zero-order chi connectivity index (χ0) is 21.9. The molecule has 0 heterocycles. The molecular formula is C25H33FN2O2. The first-order chi connectivity index (χ1) is 14.5. The third-order valence-electron chi connectivity index (χ3n) is 5.35. The minimum absolute atomic E-state index is 0.0721. The highest BCUT2D eigenvalue weighted by Crippen LogP contribution is 2.16. The van der Waals surface area contributed by atoms with E-state index < -0.39 is 6.04 Å². The molecule has 2 amide bonds. The summed E-state index contributed by atoms with van der Waals surface area (Å²) in [6.07, 6.45) is 3.68. The quantitative estimate of drug-likeness (QED) is 0.546. The number of rotatable bonds is 11. The van der Waals surface area contributed by atoms with Gasteiger partial charge in [-0.25, -0.2) is 4.39 Å². The van der Waals surface area contributed by atoms with Crippen LogP contribution < -0.4 is 5.32 Å². The Balaban J connectivity index is 2.10. The lowest BCUT2D eigenvalue weighted by molar-refractivity contribution is -0.140. The smallest absolute Gasteiger partial charge is 0.242 e. The van der Waals surface area contributed by atoms with Crippen LogP contribution in [0.3, 0.4) is 0 Å². The van der Waals surface area contributed by atoms with Gasteiger partial charge in [0.2, 0.25) is 11.8 Å². The lowest BCUT2D eigenvalue weighted by Crippen LogP contribution is -2.48. The van der Waals surface area contributed by atoms with Crippen LogP contribution in [0.15, 0.2) is 48.5 Å². The Morgan fingerprint density at radius 1 is 1.03 bits per heavy atom. The molecule has 0 bridgehead atoms. The standard InChI is InChI=1S/C25H33FN2O2/c1-4-6-17-27-25(30)19(3)28(18-22-9-7-8-10-23(22)26)24(29)16-15-21-13-11-20(5-2)12-14-21/h7-14,19H,4-6,15-18H2,1-3H3,(H,27,30)/t19-/m0/s1. The molecule has 0 aliphatic heterocycles. The van der Waals surface area contributed by atoms with Crippen molar-refractivity contribution in [1.29, 1.82) is 0 Å². The molecule has 0 saturated carbocycles. The average Bonchev–Trinajstić information content (AvgIpc) is 2.77. The Hall–Kier alpha value is -2.69. The molecule has 0 spiro atoms. The van der Waals surface area contributed by atoms with Crippen molar-refractivity contribution in [2.45, 2.75) is 65.5 Å². The second kappa shape index (κ2) is 12.1. The molecular weight excluding hydrogens is 379 g/mol. The fourth-order valence-electron chi connectivity index (χ4n) is 3.27. The van der Waals surface area contributed by atoms with Crippen molar-refractivity contribution in [3.63, 3.8) is 0 Å². The van der Waals surface area contributed by atoms with Crippen molar-refractivity contribution in [2.75, 3.05) is 6.54 Å². The topological polar surface area (TPSA) is 49.4 Å². The average molecular weight is 413 g/mol. The highest BCUT2D eigenvalue weighted by Gasteiger charge is 2.26. The normalized spacial score (nSPS) is 11.7. The van der Waals surface area contributed by atoms with Crippen molar-refractivity contribution >= 4 is 11.8 Å². The van der Waals surface area contributed by atoms with Gasteiger partial charge in [0.15, 0.2) is 0 Å². The van der Waals surface area contributed by atoms with Gasteiger partial charge in [-0.05, 0) is 43.4 Å². The van der Waals surface area contributed by atoms with E-state index in [9.17, 15) is 14.0 Å². The van der Waals surface area contributed by atoms with Crippen molar-refractivity contribution in [3.8, 4) is 0 Å². The second-order valence-corrected chi connectivity index (χ2v) is 7.60. The lowest BCUT2D eigenvalue weighted by atomic mass is 10.0. The van der Waals surface area contributed by atoms with E-state index in [0.717, 1.165) is 24.8 Å². The number of hydrogen-bond donors (Lipinski definition) is 1. The summed E-state index contributed by atoms with van der Waals surface area (Å²) in [5.74, 6) is -0.736. The minimum atomic E-state index is -0.670. The van der Waals surface area contributed by atoms with Crippen LogP contribution in [0, 0.1) is 5.82 Å². The van der Waals surface area contributed by atoms with Crippen LogP contribution in [0.4, 0.5) is 4.39 Å². The molecule has 4 nitrogen and oxygen atoms in total. The van der Waals surface area contributed by atoms with Crippen LogP contribution in [0.2, 0.25) is 0 Å². The summed E-state index contributed by atoms with van der Waals surface area (Å²) >= 11 is 0. The van der Waals surface area contributed by atoms with Crippen molar-refractivity contribution in [3.05, 3.63) is 71.0 Å². The largest absolute Gasteiger partial charge is 0.354 e. The molecule has 0 aliphatic rings.